The van der Waals surface area contributed by atoms with Gasteiger partial charge in [-0.3, -0.25) is 0 Å². The molecule has 0 spiro atoms. The van der Waals surface area contributed by atoms with Crippen LogP contribution in [-0.4, -0.2) is 28.4 Å². The van der Waals surface area contributed by atoms with Crippen molar-refractivity contribution in [3.05, 3.63) is 48.3 Å². The molecule has 23 heavy (non-hydrogen) atoms. The Bertz CT molecular complexity index is 770. The van der Waals surface area contributed by atoms with Gasteiger partial charge in [-0.15, -0.1) is 0 Å². The minimum absolute atomic E-state index is 0.155. The quantitative estimate of drug-likeness (QED) is 0.739. The smallest absolute Gasteiger partial charge is 0.231 e. The maximum absolute atomic E-state index is 13.0. The van der Waals surface area contributed by atoms with Crippen LogP contribution in [0.3, 0.4) is 0 Å². The molecule has 3 heterocycles. The maximum Gasteiger partial charge on any atom is 0.231 e. The molecule has 1 aliphatic rings. The SMILES string of the molecule is Fc1ccc(-c2noc([C@H]3CCCN(c4ccon4)C3)n2)cc1. The molecule has 0 bridgehead atoms. The minimum Gasteiger partial charge on any atom is -0.363 e. The van der Waals surface area contributed by atoms with Gasteiger partial charge in [-0.1, -0.05) is 10.3 Å². The second kappa shape index (κ2) is 5.83. The van der Waals surface area contributed by atoms with Crippen LogP contribution in [-0.2, 0) is 0 Å². The summed E-state index contributed by atoms with van der Waals surface area (Å²) in [5.41, 5.74) is 0.741. The second-order valence-corrected chi connectivity index (χ2v) is 5.61. The number of benzene rings is 1. The van der Waals surface area contributed by atoms with E-state index in [1.54, 1.807) is 18.4 Å². The largest absolute Gasteiger partial charge is 0.363 e. The number of hydrogen-bond donors (Lipinski definition) is 0. The summed E-state index contributed by atoms with van der Waals surface area (Å²) in [6.45, 7) is 1.69. The molecule has 0 amide bonds. The Kier molecular flexibility index (Phi) is 3.53. The highest BCUT2D eigenvalue weighted by molar-refractivity contribution is 5.53. The Labute approximate surface area is 131 Å². The van der Waals surface area contributed by atoms with Crippen LogP contribution in [0.15, 0.2) is 45.6 Å². The molecule has 118 valence electrons. The number of anilines is 1. The van der Waals surface area contributed by atoms with E-state index in [1.807, 2.05) is 6.07 Å². The first-order valence-corrected chi connectivity index (χ1v) is 7.54. The lowest BCUT2D eigenvalue weighted by Gasteiger charge is -2.30. The van der Waals surface area contributed by atoms with Crippen molar-refractivity contribution in [3.8, 4) is 11.4 Å². The van der Waals surface area contributed by atoms with Gasteiger partial charge in [-0.05, 0) is 37.1 Å². The number of piperidine rings is 1. The third-order valence-electron chi connectivity index (χ3n) is 4.06. The highest BCUT2D eigenvalue weighted by Crippen LogP contribution is 2.29. The van der Waals surface area contributed by atoms with E-state index in [9.17, 15) is 4.39 Å². The summed E-state index contributed by atoms with van der Waals surface area (Å²) >= 11 is 0. The van der Waals surface area contributed by atoms with Crippen molar-refractivity contribution in [3.63, 3.8) is 0 Å². The molecule has 1 aromatic carbocycles. The van der Waals surface area contributed by atoms with Gasteiger partial charge in [0.15, 0.2) is 5.82 Å². The number of halogens is 1. The van der Waals surface area contributed by atoms with E-state index in [0.717, 1.165) is 37.3 Å². The fraction of sp³-hybridized carbons (Fsp3) is 0.312. The van der Waals surface area contributed by atoms with Crippen LogP contribution in [0.25, 0.3) is 11.4 Å². The number of hydrogen-bond acceptors (Lipinski definition) is 6. The zero-order valence-corrected chi connectivity index (χ0v) is 12.4. The van der Waals surface area contributed by atoms with Gasteiger partial charge in [0.05, 0.1) is 5.92 Å². The van der Waals surface area contributed by atoms with Gasteiger partial charge in [0.1, 0.15) is 12.1 Å². The van der Waals surface area contributed by atoms with Crippen molar-refractivity contribution >= 4 is 5.82 Å². The lowest BCUT2D eigenvalue weighted by molar-refractivity contribution is 0.331. The molecule has 1 aliphatic heterocycles. The van der Waals surface area contributed by atoms with E-state index in [0.29, 0.717) is 11.7 Å². The highest BCUT2D eigenvalue weighted by atomic mass is 19.1. The van der Waals surface area contributed by atoms with Crippen LogP contribution in [0.2, 0.25) is 0 Å². The molecule has 1 fully saturated rings. The molecule has 0 N–H and O–H groups in total. The van der Waals surface area contributed by atoms with Gasteiger partial charge in [-0.25, -0.2) is 4.39 Å². The summed E-state index contributed by atoms with van der Waals surface area (Å²) in [7, 11) is 0. The van der Waals surface area contributed by atoms with Crippen LogP contribution in [0.4, 0.5) is 10.2 Å². The maximum atomic E-state index is 13.0. The molecule has 0 aliphatic carbocycles. The Balaban J connectivity index is 1.53. The van der Waals surface area contributed by atoms with Crippen molar-refractivity contribution in [2.75, 3.05) is 18.0 Å². The minimum atomic E-state index is -0.284. The molecule has 0 unspecified atom stereocenters. The molecule has 6 nitrogen and oxygen atoms in total. The lowest BCUT2D eigenvalue weighted by atomic mass is 9.98. The summed E-state index contributed by atoms with van der Waals surface area (Å²) < 4.78 is 23.3. The fourth-order valence-corrected chi connectivity index (χ4v) is 2.87. The highest BCUT2D eigenvalue weighted by Gasteiger charge is 2.27. The van der Waals surface area contributed by atoms with Crippen LogP contribution < -0.4 is 4.90 Å². The van der Waals surface area contributed by atoms with Gasteiger partial charge in [-0.2, -0.15) is 4.98 Å². The van der Waals surface area contributed by atoms with Crippen molar-refractivity contribution in [2.45, 2.75) is 18.8 Å². The monoisotopic (exact) mass is 314 g/mol. The van der Waals surface area contributed by atoms with Crippen molar-refractivity contribution in [1.82, 2.24) is 15.3 Å². The lowest BCUT2D eigenvalue weighted by Crippen LogP contribution is -2.34. The molecule has 1 atom stereocenters. The van der Waals surface area contributed by atoms with E-state index in [2.05, 4.69) is 20.2 Å². The third kappa shape index (κ3) is 2.81. The standard InChI is InChI=1S/C16H15FN4O2/c17-13-5-3-11(4-6-13)15-18-16(23-20-15)12-2-1-8-21(10-12)14-7-9-22-19-14/h3-7,9,12H,1-2,8,10H2/t12-/m0/s1. The first kappa shape index (κ1) is 13.9. The Morgan fingerprint density at radius 2 is 2.00 bits per heavy atom. The average molecular weight is 314 g/mol. The van der Waals surface area contributed by atoms with Gasteiger partial charge >= 0.3 is 0 Å². The van der Waals surface area contributed by atoms with Crippen LogP contribution in [0.5, 0.6) is 0 Å². The summed E-state index contributed by atoms with van der Waals surface area (Å²) in [5.74, 6) is 1.79. The summed E-state index contributed by atoms with van der Waals surface area (Å²) in [6, 6.07) is 7.91. The molecule has 7 heteroatoms. The molecule has 0 radical (unpaired) electrons. The van der Waals surface area contributed by atoms with E-state index in [1.165, 1.54) is 12.1 Å². The van der Waals surface area contributed by atoms with E-state index in [-0.39, 0.29) is 11.7 Å². The molecule has 0 saturated carbocycles. The Morgan fingerprint density at radius 1 is 1.13 bits per heavy atom. The molecule has 2 aromatic heterocycles. The summed E-state index contributed by atoms with van der Waals surface area (Å²) in [4.78, 5) is 6.63. The fourth-order valence-electron chi connectivity index (χ4n) is 2.87. The molecule has 3 aromatic rings. The number of aromatic nitrogens is 3. The van der Waals surface area contributed by atoms with Crippen molar-refractivity contribution in [2.24, 2.45) is 0 Å². The topological polar surface area (TPSA) is 68.2 Å². The zero-order chi connectivity index (χ0) is 15.6. The Morgan fingerprint density at radius 3 is 2.78 bits per heavy atom. The normalized spacial score (nSPS) is 18.3. The van der Waals surface area contributed by atoms with E-state index >= 15 is 0 Å². The van der Waals surface area contributed by atoms with Crippen molar-refractivity contribution in [1.29, 1.82) is 0 Å². The predicted molar refractivity (Wildman–Crippen MR) is 80.4 cm³/mol. The molecule has 4 rings (SSSR count). The number of nitrogens with zero attached hydrogens (tertiary/aromatic N) is 4. The first-order chi connectivity index (χ1) is 11.3. The second-order valence-electron chi connectivity index (χ2n) is 5.61. The van der Waals surface area contributed by atoms with E-state index in [4.69, 9.17) is 9.05 Å². The summed E-state index contributed by atoms with van der Waals surface area (Å²) in [5, 5.41) is 8.00. The third-order valence-corrected chi connectivity index (χ3v) is 4.06. The molecular weight excluding hydrogens is 299 g/mol. The summed E-state index contributed by atoms with van der Waals surface area (Å²) in [6.07, 6.45) is 3.57. The van der Waals surface area contributed by atoms with Crippen LogP contribution in [0, 0.1) is 5.82 Å². The van der Waals surface area contributed by atoms with Crippen LogP contribution >= 0.6 is 0 Å². The first-order valence-electron chi connectivity index (χ1n) is 7.54. The average Bonchev–Trinajstić information content (AvgIpc) is 3.28. The van der Waals surface area contributed by atoms with Crippen LogP contribution in [0.1, 0.15) is 24.7 Å². The van der Waals surface area contributed by atoms with Gasteiger partial charge < -0.3 is 13.9 Å². The van der Waals surface area contributed by atoms with Gasteiger partial charge in [0.2, 0.25) is 11.7 Å². The molecular formula is C16H15FN4O2. The van der Waals surface area contributed by atoms with Gasteiger partial charge in [0, 0.05) is 24.7 Å². The van der Waals surface area contributed by atoms with E-state index < -0.39 is 0 Å². The van der Waals surface area contributed by atoms with Gasteiger partial charge in [0.25, 0.3) is 0 Å². The molecule has 1 saturated heterocycles. The van der Waals surface area contributed by atoms with Crippen molar-refractivity contribution < 1.29 is 13.4 Å². The Hall–Kier alpha value is -2.70. The number of rotatable bonds is 3. The predicted octanol–water partition coefficient (Wildman–Crippen LogP) is 3.25. The zero-order valence-electron chi connectivity index (χ0n) is 12.4.